The number of H-pyrrole nitrogens is 1. The third kappa shape index (κ3) is 3.72. The molecule has 138 valence electrons. The lowest BCUT2D eigenvalue weighted by Crippen LogP contribution is -2.53. The van der Waals surface area contributed by atoms with Crippen LogP contribution in [0.3, 0.4) is 0 Å². The highest BCUT2D eigenvalue weighted by atomic mass is 16.5. The lowest BCUT2D eigenvalue weighted by atomic mass is 9.81. The third-order valence-corrected chi connectivity index (χ3v) is 5.30. The molecule has 1 aromatic rings. The average molecular weight is 350 g/mol. The number of rotatable bonds is 3. The van der Waals surface area contributed by atoms with Crippen LogP contribution in [0.5, 0.6) is 5.75 Å². The van der Waals surface area contributed by atoms with Gasteiger partial charge in [-0.25, -0.2) is 0 Å². The minimum atomic E-state index is -0.334. The van der Waals surface area contributed by atoms with Crippen LogP contribution in [0.15, 0.2) is 17.1 Å². The maximum Gasteiger partial charge on any atom is 0.270 e. The van der Waals surface area contributed by atoms with Gasteiger partial charge in [-0.3, -0.25) is 9.59 Å². The number of nitrogens with one attached hydrogen (secondary N) is 1. The number of hydrogen-bond donors (Lipinski definition) is 2. The van der Waals surface area contributed by atoms with Crippen LogP contribution in [-0.2, 0) is 4.74 Å². The van der Waals surface area contributed by atoms with E-state index in [4.69, 9.17) is 9.47 Å². The van der Waals surface area contributed by atoms with Gasteiger partial charge < -0.3 is 24.5 Å². The molecular weight excluding hydrogens is 324 g/mol. The Kier molecular flexibility index (Phi) is 5.15. The third-order valence-electron chi connectivity index (χ3n) is 5.30. The molecule has 2 fully saturated rings. The van der Waals surface area contributed by atoms with Crippen molar-refractivity contribution in [2.24, 2.45) is 0 Å². The van der Waals surface area contributed by atoms with E-state index in [9.17, 15) is 14.7 Å². The summed E-state index contributed by atoms with van der Waals surface area (Å²) in [5.41, 5.74) is -0.386. The first kappa shape index (κ1) is 17.9. The van der Waals surface area contributed by atoms with Crippen LogP contribution >= 0.6 is 0 Å². The van der Waals surface area contributed by atoms with E-state index in [1.54, 1.807) is 4.90 Å². The van der Waals surface area contributed by atoms with Gasteiger partial charge >= 0.3 is 0 Å². The van der Waals surface area contributed by atoms with Crippen molar-refractivity contribution >= 4 is 5.91 Å². The second-order valence-electron chi connectivity index (χ2n) is 7.00. The summed E-state index contributed by atoms with van der Waals surface area (Å²) in [5.74, 6) is -0.0117. The Morgan fingerprint density at radius 3 is 2.80 bits per heavy atom. The number of nitrogens with zero attached hydrogens (tertiary/aromatic N) is 1. The quantitative estimate of drug-likeness (QED) is 0.857. The summed E-state index contributed by atoms with van der Waals surface area (Å²) < 4.78 is 11.2. The van der Waals surface area contributed by atoms with Crippen LogP contribution in [0.2, 0.25) is 0 Å². The Labute approximate surface area is 146 Å². The van der Waals surface area contributed by atoms with Crippen LogP contribution in [0.4, 0.5) is 0 Å². The zero-order chi connectivity index (χ0) is 18.0. The number of methoxy groups -OCH3 is 1. The maximum atomic E-state index is 12.6. The molecule has 2 aliphatic rings. The summed E-state index contributed by atoms with van der Waals surface area (Å²) in [6.07, 6.45) is 4.77. The van der Waals surface area contributed by atoms with Gasteiger partial charge in [0.2, 0.25) is 5.43 Å². The van der Waals surface area contributed by atoms with E-state index in [2.05, 4.69) is 11.9 Å². The zero-order valence-electron chi connectivity index (χ0n) is 14.8. The molecular formula is C18H26N2O5. The molecule has 1 spiro atoms. The van der Waals surface area contributed by atoms with Crippen molar-refractivity contribution in [1.82, 2.24) is 9.88 Å². The predicted octanol–water partition coefficient (Wildman–Crippen LogP) is 1.31. The van der Waals surface area contributed by atoms with Crippen molar-refractivity contribution in [3.05, 3.63) is 28.2 Å². The van der Waals surface area contributed by atoms with Crippen molar-refractivity contribution in [1.29, 1.82) is 0 Å². The number of piperidine rings is 1. The van der Waals surface area contributed by atoms with Gasteiger partial charge in [0.1, 0.15) is 5.69 Å². The van der Waals surface area contributed by atoms with E-state index in [0.717, 1.165) is 6.42 Å². The second-order valence-corrected chi connectivity index (χ2v) is 7.00. The Hall–Kier alpha value is -1.86. The standard InChI is InChI=1S/C18H26N2O5/c1-3-13-8-12(21)10-18(25-13)4-6-20(7-5-18)17(23)14-9-15(22)16(24-2)11-19-14/h9,11-13,21H,3-8,10H2,1-2H3,(H,19,22)/t12-,13+/m1/s1. The lowest BCUT2D eigenvalue weighted by Gasteiger charge is -2.47. The summed E-state index contributed by atoms with van der Waals surface area (Å²) in [5, 5.41) is 10.1. The Morgan fingerprint density at radius 1 is 1.48 bits per heavy atom. The van der Waals surface area contributed by atoms with Crippen LogP contribution in [0, 0.1) is 0 Å². The van der Waals surface area contributed by atoms with Crippen molar-refractivity contribution < 1.29 is 19.4 Å². The minimum Gasteiger partial charge on any atom is -0.491 e. The van der Waals surface area contributed by atoms with Gasteiger partial charge in [0, 0.05) is 31.8 Å². The van der Waals surface area contributed by atoms with E-state index >= 15 is 0 Å². The molecule has 0 radical (unpaired) electrons. The molecule has 2 aliphatic heterocycles. The monoisotopic (exact) mass is 350 g/mol. The topological polar surface area (TPSA) is 91.9 Å². The van der Waals surface area contributed by atoms with Gasteiger partial charge in [-0.2, -0.15) is 0 Å². The van der Waals surface area contributed by atoms with Gasteiger partial charge in [0.05, 0.1) is 24.9 Å². The number of pyridine rings is 1. The summed E-state index contributed by atoms with van der Waals surface area (Å²) in [6.45, 7) is 3.17. The number of carbonyl (C=O) groups is 1. The number of ether oxygens (including phenoxy) is 2. The van der Waals surface area contributed by atoms with Crippen LogP contribution in [0.25, 0.3) is 0 Å². The minimum absolute atomic E-state index is 0.0870. The number of carbonyl (C=O) groups excluding carboxylic acids is 1. The molecule has 1 amide bonds. The Bertz CT molecular complexity index is 678. The zero-order valence-corrected chi connectivity index (χ0v) is 14.8. The first-order chi connectivity index (χ1) is 12.0. The van der Waals surface area contributed by atoms with Gasteiger partial charge in [0.25, 0.3) is 5.91 Å². The van der Waals surface area contributed by atoms with Gasteiger partial charge in [-0.05, 0) is 25.7 Å². The molecule has 2 N–H and O–H groups in total. The molecule has 7 nitrogen and oxygen atoms in total. The summed E-state index contributed by atoms with van der Waals surface area (Å²) in [6, 6.07) is 1.28. The maximum absolute atomic E-state index is 12.6. The summed E-state index contributed by atoms with van der Waals surface area (Å²) >= 11 is 0. The van der Waals surface area contributed by atoms with Gasteiger partial charge in [-0.15, -0.1) is 0 Å². The lowest BCUT2D eigenvalue weighted by molar-refractivity contribution is -0.179. The molecule has 0 saturated carbocycles. The number of aromatic amines is 1. The number of aliphatic hydroxyl groups excluding tert-OH is 1. The van der Waals surface area contributed by atoms with E-state index < -0.39 is 0 Å². The number of hydrogen-bond acceptors (Lipinski definition) is 5. The SMILES string of the molecule is CC[C@H]1C[C@@H](O)CC2(CCN(C(=O)c3cc(=O)c(OC)c[nH]3)CC2)O1. The van der Waals surface area contributed by atoms with Crippen LogP contribution in [-0.4, -0.2) is 58.9 Å². The van der Waals surface area contributed by atoms with Crippen LogP contribution in [0.1, 0.15) is 49.5 Å². The molecule has 25 heavy (non-hydrogen) atoms. The van der Waals surface area contributed by atoms with Gasteiger partial charge in [0.15, 0.2) is 5.75 Å². The molecule has 0 aliphatic carbocycles. The summed E-state index contributed by atoms with van der Waals surface area (Å²) in [7, 11) is 1.41. The summed E-state index contributed by atoms with van der Waals surface area (Å²) in [4.78, 5) is 29.0. The van der Waals surface area contributed by atoms with E-state index in [0.29, 0.717) is 38.8 Å². The molecule has 7 heteroatoms. The molecule has 3 heterocycles. The van der Waals surface area contributed by atoms with E-state index in [1.165, 1.54) is 19.4 Å². The fraction of sp³-hybridized carbons (Fsp3) is 0.667. The first-order valence-electron chi connectivity index (χ1n) is 8.88. The molecule has 2 saturated heterocycles. The van der Waals surface area contributed by atoms with Gasteiger partial charge in [-0.1, -0.05) is 6.92 Å². The van der Waals surface area contributed by atoms with Crippen molar-refractivity contribution in [3.8, 4) is 5.75 Å². The average Bonchev–Trinajstić information content (AvgIpc) is 2.61. The molecule has 0 unspecified atom stereocenters. The number of aromatic nitrogens is 1. The van der Waals surface area contributed by atoms with Crippen molar-refractivity contribution in [3.63, 3.8) is 0 Å². The van der Waals surface area contributed by atoms with E-state index in [1.807, 2.05) is 0 Å². The molecule has 2 atom stereocenters. The molecule has 3 rings (SSSR count). The fourth-order valence-corrected chi connectivity index (χ4v) is 3.87. The van der Waals surface area contributed by atoms with Crippen molar-refractivity contribution in [2.75, 3.05) is 20.2 Å². The second kappa shape index (κ2) is 7.17. The highest BCUT2D eigenvalue weighted by Crippen LogP contribution is 2.38. The van der Waals surface area contributed by atoms with E-state index in [-0.39, 0.29) is 40.6 Å². The van der Waals surface area contributed by atoms with Crippen LogP contribution < -0.4 is 10.2 Å². The Balaban J connectivity index is 1.66. The first-order valence-corrected chi connectivity index (χ1v) is 8.88. The molecule has 1 aromatic heterocycles. The molecule has 0 bridgehead atoms. The predicted molar refractivity (Wildman–Crippen MR) is 91.9 cm³/mol. The highest BCUT2D eigenvalue weighted by Gasteiger charge is 2.43. The van der Waals surface area contributed by atoms with Crippen molar-refractivity contribution in [2.45, 2.75) is 56.8 Å². The number of aliphatic hydroxyl groups is 1. The smallest absolute Gasteiger partial charge is 0.270 e. The largest absolute Gasteiger partial charge is 0.491 e. The Morgan fingerprint density at radius 2 is 2.20 bits per heavy atom. The molecule has 0 aromatic carbocycles. The highest BCUT2D eigenvalue weighted by molar-refractivity contribution is 5.92. The normalized spacial score (nSPS) is 25.8. The fourth-order valence-electron chi connectivity index (χ4n) is 3.87. The number of likely N-dealkylation sites (tertiary alicyclic amines) is 1. The number of amides is 1.